The fourth-order valence-electron chi connectivity index (χ4n) is 9.85. The molecule has 0 saturated heterocycles. The van der Waals surface area contributed by atoms with Crippen molar-refractivity contribution in [3.63, 3.8) is 0 Å². The molecule has 350 valence electrons. The van der Waals surface area contributed by atoms with E-state index in [1.807, 2.05) is 12.3 Å². The molecule has 0 bridgehead atoms. The maximum absolute atomic E-state index is 12.6. The van der Waals surface area contributed by atoms with Gasteiger partial charge >= 0.3 is 0 Å². The van der Waals surface area contributed by atoms with Crippen LogP contribution in [0.5, 0.6) is 5.75 Å². The van der Waals surface area contributed by atoms with Crippen LogP contribution in [0.4, 0.5) is 0 Å². The summed E-state index contributed by atoms with van der Waals surface area (Å²) in [5.74, 6) is 0.903. The van der Waals surface area contributed by atoms with Crippen molar-refractivity contribution in [2.45, 2.75) is 78.6 Å². The minimum absolute atomic E-state index is 0. The van der Waals surface area contributed by atoms with E-state index in [1.54, 1.807) is 0 Å². The van der Waals surface area contributed by atoms with Gasteiger partial charge in [0.25, 0.3) is 0 Å². The second-order valence-corrected chi connectivity index (χ2v) is 21.6. The summed E-state index contributed by atoms with van der Waals surface area (Å²) in [7, 11) is 0. The molecule has 5 nitrogen and oxygen atoms in total. The minimum atomic E-state index is -0.345. The zero-order valence-corrected chi connectivity index (χ0v) is 43.5. The molecule has 1 N–H and O–H groups in total. The van der Waals surface area contributed by atoms with E-state index in [-0.39, 0.29) is 43.1 Å². The molecule has 0 amide bonds. The van der Waals surface area contributed by atoms with E-state index in [0.29, 0.717) is 11.4 Å². The van der Waals surface area contributed by atoms with Crippen LogP contribution >= 0.6 is 0 Å². The number of furan rings is 1. The number of phenolic OH excluding ortho intramolecular Hbond substituents is 1. The Morgan fingerprint density at radius 2 is 1.20 bits per heavy atom. The minimum Gasteiger partial charge on any atom is -0.507 e. The quantitative estimate of drug-likeness (QED) is 0.169. The number of imidazole rings is 1. The summed E-state index contributed by atoms with van der Waals surface area (Å²) in [6, 6.07) is 61.7. The summed E-state index contributed by atoms with van der Waals surface area (Å²) in [4.78, 5) is 10.7. The van der Waals surface area contributed by atoms with Gasteiger partial charge in [-0.2, -0.15) is 0 Å². The number of para-hydroxylation sites is 1. The molecule has 8 aromatic carbocycles. The number of fused-ring (bicyclic) bond motifs is 6. The number of rotatable bonds is 6. The molecular formula is C64H56N3O2Pt-. The van der Waals surface area contributed by atoms with Gasteiger partial charge in [0.2, 0.25) is 0 Å². The standard InChI is InChI=1S/C64H56N3O2.Pt/c1-62(2,3)45-28-29-54(49(34-45)40-21-14-11-15-22-40)67-55-26-18-25-48(59(55)66-61(67)51-35-46(63(4,5)6)36-52(60(51)68)64(7,8)9)43-31-42(39-19-12-10-13-20-39)32-44(33-43)53-37-50-57(38-65-53)69-56-30-27-41-23-16-17-24-47(41)58(50)56;/h10-32,34-38,68H,1-9H3;/q-1;. The van der Waals surface area contributed by atoms with Crippen molar-refractivity contribution >= 4 is 43.7 Å². The molecule has 11 aromatic rings. The monoisotopic (exact) mass is 1090 g/mol. The fourth-order valence-corrected chi connectivity index (χ4v) is 9.85. The van der Waals surface area contributed by atoms with Gasteiger partial charge in [-0.1, -0.05) is 200 Å². The molecule has 3 aromatic heterocycles. The Bertz CT molecular complexity index is 3790. The predicted octanol–water partition coefficient (Wildman–Crippen LogP) is 17.2. The molecule has 0 saturated carbocycles. The van der Waals surface area contributed by atoms with Crippen LogP contribution in [0, 0.1) is 6.07 Å². The van der Waals surface area contributed by atoms with E-state index >= 15 is 0 Å². The topological polar surface area (TPSA) is 64.1 Å². The van der Waals surface area contributed by atoms with Gasteiger partial charge in [0.15, 0.2) is 5.58 Å². The summed E-state index contributed by atoms with van der Waals surface area (Å²) in [5.41, 5.74) is 15.3. The van der Waals surface area contributed by atoms with Crippen LogP contribution in [-0.4, -0.2) is 19.6 Å². The summed E-state index contributed by atoms with van der Waals surface area (Å²) < 4.78 is 8.66. The van der Waals surface area contributed by atoms with Crippen LogP contribution < -0.4 is 0 Å². The van der Waals surface area contributed by atoms with E-state index < -0.39 is 0 Å². The zero-order valence-electron chi connectivity index (χ0n) is 41.2. The van der Waals surface area contributed by atoms with Crippen molar-refractivity contribution in [2.24, 2.45) is 0 Å². The number of hydrogen-bond acceptors (Lipinski definition) is 4. The van der Waals surface area contributed by atoms with Gasteiger partial charge < -0.3 is 9.52 Å². The molecule has 11 rings (SSSR count). The molecule has 0 aliphatic heterocycles. The van der Waals surface area contributed by atoms with E-state index in [1.165, 1.54) is 5.56 Å². The molecule has 0 spiro atoms. The Morgan fingerprint density at radius 3 is 1.91 bits per heavy atom. The van der Waals surface area contributed by atoms with E-state index in [4.69, 9.17) is 14.4 Å². The van der Waals surface area contributed by atoms with Crippen LogP contribution in [0.25, 0.3) is 105 Å². The van der Waals surface area contributed by atoms with Crippen molar-refractivity contribution < 1.29 is 30.6 Å². The van der Waals surface area contributed by atoms with Gasteiger partial charge in [0.05, 0.1) is 28.5 Å². The van der Waals surface area contributed by atoms with Crippen LogP contribution in [-0.2, 0) is 37.3 Å². The maximum atomic E-state index is 12.6. The zero-order chi connectivity index (χ0) is 48.0. The molecule has 0 atom stereocenters. The summed E-state index contributed by atoms with van der Waals surface area (Å²) in [6.07, 6.45) is 1.84. The number of aromatic hydroxyl groups is 1. The molecule has 0 unspecified atom stereocenters. The van der Waals surface area contributed by atoms with Crippen molar-refractivity contribution in [1.82, 2.24) is 14.5 Å². The SMILES string of the molecule is CC(C)(C)c1ccc(-n2c(-c3cc(C(C)(C)C)cc(C(C)(C)C)c3O)nc3c(-c4[c-]c(-c5cc6c(cn5)oc5ccc7ccccc7c56)cc(-c5ccccc5)c4)cccc32)c(-c2ccccc2)c1.[Pt]. The molecular weight excluding hydrogens is 1040 g/mol. The number of pyridine rings is 1. The van der Waals surface area contributed by atoms with Crippen LogP contribution in [0.1, 0.15) is 79.0 Å². The molecule has 70 heavy (non-hydrogen) atoms. The molecule has 0 aliphatic carbocycles. The van der Waals surface area contributed by atoms with Crippen molar-refractivity contribution in [3.8, 4) is 67.5 Å². The summed E-state index contributed by atoms with van der Waals surface area (Å²) in [6.45, 7) is 19.9. The van der Waals surface area contributed by atoms with Crippen LogP contribution in [0.2, 0.25) is 0 Å². The number of phenols is 1. The van der Waals surface area contributed by atoms with Crippen LogP contribution in [0.15, 0.2) is 174 Å². The normalized spacial score (nSPS) is 12.3. The van der Waals surface area contributed by atoms with Crippen molar-refractivity contribution in [2.75, 3.05) is 0 Å². The Hall–Kier alpha value is -7.07. The van der Waals surface area contributed by atoms with Gasteiger partial charge in [-0.3, -0.25) is 9.55 Å². The number of aromatic nitrogens is 3. The smallest absolute Gasteiger partial charge is 0.152 e. The van der Waals surface area contributed by atoms with Crippen molar-refractivity contribution in [3.05, 3.63) is 193 Å². The summed E-state index contributed by atoms with van der Waals surface area (Å²) >= 11 is 0. The molecule has 0 radical (unpaired) electrons. The van der Waals surface area contributed by atoms with Crippen molar-refractivity contribution in [1.29, 1.82) is 0 Å². The Labute approximate surface area is 425 Å². The first kappa shape index (κ1) is 46.6. The van der Waals surface area contributed by atoms with Crippen LogP contribution in [0.3, 0.4) is 0 Å². The second kappa shape index (κ2) is 17.4. The third-order valence-corrected chi connectivity index (χ3v) is 13.7. The summed E-state index contributed by atoms with van der Waals surface area (Å²) in [5, 5.41) is 17.0. The van der Waals surface area contributed by atoms with Gasteiger partial charge in [-0.05, 0) is 79.6 Å². The largest absolute Gasteiger partial charge is 0.507 e. The first-order valence-electron chi connectivity index (χ1n) is 23.9. The van der Waals surface area contributed by atoms with Gasteiger partial charge in [-0.15, -0.1) is 23.8 Å². The molecule has 6 heteroatoms. The first-order valence-corrected chi connectivity index (χ1v) is 23.9. The Balaban J connectivity index is 0.00000567. The molecule has 0 fully saturated rings. The molecule has 3 heterocycles. The average Bonchev–Trinajstić information content (AvgIpc) is 3.92. The maximum Gasteiger partial charge on any atom is 0.152 e. The first-order chi connectivity index (χ1) is 33.0. The second-order valence-electron chi connectivity index (χ2n) is 21.6. The van der Waals surface area contributed by atoms with E-state index in [9.17, 15) is 5.11 Å². The molecule has 0 aliphatic rings. The van der Waals surface area contributed by atoms with Gasteiger partial charge in [-0.25, -0.2) is 4.98 Å². The number of benzene rings is 8. The van der Waals surface area contributed by atoms with E-state index in [2.05, 4.69) is 231 Å². The van der Waals surface area contributed by atoms with E-state index in [0.717, 1.165) is 105 Å². The third-order valence-electron chi connectivity index (χ3n) is 13.7. The number of nitrogens with zero attached hydrogens (tertiary/aromatic N) is 3. The Kier molecular flexibility index (Phi) is 11.6. The predicted molar refractivity (Wildman–Crippen MR) is 287 cm³/mol. The average molecular weight is 1090 g/mol. The third kappa shape index (κ3) is 8.24. The van der Waals surface area contributed by atoms with Gasteiger partial charge in [0.1, 0.15) is 17.2 Å². The Morgan fingerprint density at radius 1 is 0.529 bits per heavy atom. The number of hydrogen-bond donors (Lipinski definition) is 1. The fraction of sp³-hybridized carbons (Fsp3) is 0.188. The van der Waals surface area contributed by atoms with Gasteiger partial charge in [0, 0.05) is 48.7 Å².